The first-order valence-electron chi connectivity index (χ1n) is 8.45. The van der Waals surface area contributed by atoms with Gasteiger partial charge in [0.15, 0.2) is 5.78 Å². The Kier molecular flexibility index (Phi) is 4.82. The van der Waals surface area contributed by atoms with Gasteiger partial charge in [0.2, 0.25) is 5.16 Å². The smallest absolute Gasteiger partial charge is 0.259 e. The van der Waals surface area contributed by atoms with E-state index in [0.29, 0.717) is 37.4 Å². The Bertz CT molecular complexity index is 1240. The maximum atomic E-state index is 12.5. The minimum atomic E-state index is -0.236. The molecule has 4 aromatic rings. The van der Waals surface area contributed by atoms with Crippen LogP contribution in [-0.2, 0) is 5.75 Å². The number of benzene rings is 1. The van der Waals surface area contributed by atoms with Crippen molar-refractivity contribution in [1.29, 1.82) is 0 Å². The topological polar surface area (TPSA) is 106 Å². The Morgan fingerprint density at radius 3 is 2.71 bits per heavy atom. The Balaban J connectivity index is 1.62. The van der Waals surface area contributed by atoms with Crippen molar-refractivity contribution in [2.75, 3.05) is 0 Å². The second kappa shape index (κ2) is 7.28. The average Bonchev–Trinajstić information content (AvgIpc) is 3.25. The number of hydrogen-bond donors (Lipinski definition) is 1. The number of Topliss-reactive ketones (excluding diaryl/α,β-unsaturated/α-hetero) is 1. The third-order valence-electron chi connectivity index (χ3n) is 4.23. The highest BCUT2D eigenvalue weighted by atomic mass is 32.2. The molecule has 0 spiro atoms. The van der Waals surface area contributed by atoms with Crippen molar-refractivity contribution in [2.24, 2.45) is 0 Å². The molecule has 0 aliphatic heterocycles. The monoisotopic (exact) mass is 412 g/mol. The maximum absolute atomic E-state index is 12.5. The molecular weight excluding hydrogens is 396 g/mol. The lowest BCUT2D eigenvalue weighted by Crippen LogP contribution is -2.11. The van der Waals surface area contributed by atoms with Crippen LogP contribution in [0.25, 0.3) is 15.9 Å². The number of fused-ring (bicyclic) bond motifs is 1. The summed E-state index contributed by atoms with van der Waals surface area (Å²) < 4.78 is 1.64. The number of carbonyl (C=O) groups is 1. The summed E-state index contributed by atoms with van der Waals surface area (Å²) in [6.45, 7) is 5.28. The van der Waals surface area contributed by atoms with Gasteiger partial charge in [-0.15, -0.1) is 16.4 Å². The number of rotatable bonds is 5. The molecule has 3 heterocycles. The SMILES string of the molecule is CC(=O)c1sc2nc(CSc3nnnn3-c3ccc(C)cc3)[nH]c(=O)c2c1C. The second-order valence-corrected chi connectivity index (χ2v) is 8.24. The van der Waals surface area contributed by atoms with E-state index in [9.17, 15) is 9.59 Å². The van der Waals surface area contributed by atoms with Crippen LogP contribution in [0, 0.1) is 13.8 Å². The van der Waals surface area contributed by atoms with Crippen LogP contribution in [0.4, 0.5) is 0 Å². The van der Waals surface area contributed by atoms with Crippen molar-refractivity contribution in [2.45, 2.75) is 31.7 Å². The zero-order chi connectivity index (χ0) is 19.8. The number of H-pyrrole nitrogens is 1. The highest BCUT2D eigenvalue weighted by Gasteiger charge is 2.17. The molecule has 0 aliphatic rings. The molecule has 0 aliphatic carbocycles. The number of thiophene rings is 1. The van der Waals surface area contributed by atoms with E-state index < -0.39 is 0 Å². The summed E-state index contributed by atoms with van der Waals surface area (Å²) in [6.07, 6.45) is 0. The van der Waals surface area contributed by atoms with E-state index in [1.54, 1.807) is 11.6 Å². The van der Waals surface area contributed by atoms with Crippen molar-refractivity contribution >= 4 is 39.1 Å². The molecule has 0 amide bonds. The fourth-order valence-electron chi connectivity index (χ4n) is 2.84. The van der Waals surface area contributed by atoms with Gasteiger partial charge in [-0.2, -0.15) is 4.68 Å². The molecule has 142 valence electrons. The van der Waals surface area contributed by atoms with E-state index in [-0.39, 0.29) is 11.3 Å². The summed E-state index contributed by atoms with van der Waals surface area (Å²) in [5.41, 5.74) is 2.45. The number of ketones is 1. The van der Waals surface area contributed by atoms with Gasteiger partial charge >= 0.3 is 0 Å². The summed E-state index contributed by atoms with van der Waals surface area (Å²) in [7, 11) is 0. The summed E-state index contributed by atoms with van der Waals surface area (Å²) in [6, 6.07) is 7.87. The number of aryl methyl sites for hydroxylation is 2. The lowest BCUT2D eigenvalue weighted by atomic mass is 10.2. The number of hydrogen-bond acceptors (Lipinski definition) is 8. The number of nitrogens with one attached hydrogen (secondary N) is 1. The van der Waals surface area contributed by atoms with Crippen molar-refractivity contribution in [3.63, 3.8) is 0 Å². The zero-order valence-electron chi connectivity index (χ0n) is 15.4. The molecule has 0 atom stereocenters. The molecule has 0 unspecified atom stereocenters. The van der Waals surface area contributed by atoms with E-state index in [4.69, 9.17) is 0 Å². The number of tetrazole rings is 1. The van der Waals surface area contributed by atoms with Crippen LogP contribution in [0.1, 0.15) is 33.5 Å². The largest absolute Gasteiger partial charge is 0.309 e. The van der Waals surface area contributed by atoms with Gasteiger partial charge in [-0.1, -0.05) is 29.5 Å². The standard InChI is InChI=1S/C18H16N6O2S2/c1-9-4-6-12(7-5-9)24-18(21-22-23-24)27-8-13-19-16(26)14-10(2)15(11(3)25)28-17(14)20-13/h4-7H,8H2,1-3H3,(H,19,20,26). The Hall–Kier alpha value is -2.85. The lowest BCUT2D eigenvalue weighted by Gasteiger charge is -2.04. The average molecular weight is 413 g/mol. The zero-order valence-corrected chi connectivity index (χ0v) is 17.0. The first-order valence-corrected chi connectivity index (χ1v) is 10.3. The summed E-state index contributed by atoms with van der Waals surface area (Å²) in [5, 5.41) is 12.9. The van der Waals surface area contributed by atoms with Gasteiger partial charge < -0.3 is 4.98 Å². The molecule has 0 saturated carbocycles. The molecule has 4 rings (SSSR count). The third-order valence-corrected chi connectivity index (χ3v) is 6.44. The van der Waals surface area contributed by atoms with Crippen molar-refractivity contribution in [3.05, 3.63) is 56.4 Å². The quantitative estimate of drug-likeness (QED) is 0.396. The molecule has 10 heteroatoms. The van der Waals surface area contributed by atoms with E-state index in [2.05, 4.69) is 25.5 Å². The predicted octanol–water partition coefficient (Wildman–Crippen LogP) is 3.07. The van der Waals surface area contributed by atoms with Gasteiger partial charge in [-0.3, -0.25) is 9.59 Å². The van der Waals surface area contributed by atoms with Crippen LogP contribution in [0.3, 0.4) is 0 Å². The van der Waals surface area contributed by atoms with Gasteiger partial charge in [0.05, 0.1) is 21.7 Å². The fraction of sp³-hybridized carbons (Fsp3) is 0.222. The van der Waals surface area contributed by atoms with Gasteiger partial charge in [-0.25, -0.2) is 4.98 Å². The Morgan fingerprint density at radius 1 is 1.25 bits per heavy atom. The van der Waals surface area contributed by atoms with Crippen LogP contribution in [0.2, 0.25) is 0 Å². The van der Waals surface area contributed by atoms with Crippen LogP contribution < -0.4 is 5.56 Å². The number of aromatic amines is 1. The minimum Gasteiger partial charge on any atom is -0.309 e. The molecule has 0 saturated heterocycles. The fourth-order valence-corrected chi connectivity index (χ4v) is 4.70. The van der Waals surface area contributed by atoms with Gasteiger partial charge in [0, 0.05) is 0 Å². The highest BCUT2D eigenvalue weighted by molar-refractivity contribution is 7.98. The number of aromatic nitrogens is 6. The molecule has 3 aromatic heterocycles. The van der Waals surface area contributed by atoms with Gasteiger partial charge in [-0.05, 0) is 48.9 Å². The van der Waals surface area contributed by atoms with Crippen LogP contribution in [0.5, 0.6) is 0 Å². The molecule has 0 radical (unpaired) electrons. The maximum Gasteiger partial charge on any atom is 0.259 e. The Labute approximate surface area is 168 Å². The molecule has 1 N–H and O–H groups in total. The first kappa shape index (κ1) is 18.5. The highest BCUT2D eigenvalue weighted by Crippen LogP contribution is 2.28. The van der Waals surface area contributed by atoms with Crippen LogP contribution in [0.15, 0.2) is 34.2 Å². The summed E-state index contributed by atoms with van der Waals surface area (Å²) >= 11 is 2.62. The van der Waals surface area contributed by atoms with Crippen molar-refractivity contribution < 1.29 is 4.79 Å². The lowest BCUT2D eigenvalue weighted by molar-refractivity contribution is 0.102. The second-order valence-electron chi connectivity index (χ2n) is 6.30. The van der Waals surface area contributed by atoms with Gasteiger partial charge in [0.25, 0.3) is 5.56 Å². The van der Waals surface area contributed by atoms with Crippen molar-refractivity contribution in [3.8, 4) is 5.69 Å². The molecular formula is C18H16N6O2S2. The van der Waals surface area contributed by atoms with E-state index >= 15 is 0 Å². The number of nitrogens with zero attached hydrogens (tertiary/aromatic N) is 5. The summed E-state index contributed by atoms with van der Waals surface area (Å²) in [5.74, 6) is 0.842. The number of carbonyl (C=O) groups excluding carboxylic acids is 1. The van der Waals surface area contributed by atoms with Crippen LogP contribution in [-0.4, -0.2) is 36.0 Å². The molecule has 0 bridgehead atoms. The molecule has 28 heavy (non-hydrogen) atoms. The summed E-state index contributed by atoms with van der Waals surface area (Å²) in [4.78, 5) is 32.7. The van der Waals surface area contributed by atoms with E-state index in [1.165, 1.54) is 30.0 Å². The third kappa shape index (κ3) is 3.36. The predicted molar refractivity (Wildman–Crippen MR) is 108 cm³/mol. The molecule has 8 nitrogen and oxygen atoms in total. The number of thioether (sulfide) groups is 1. The molecule has 1 aromatic carbocycles. The normalized spacial score (nSPS) is 11.2. The van der Waals surface area contributed by atoms with Crippen LogP contribution >= 0.6 is 23.1 Å². The molecule has 0 fully saturated rings. The van der Waals surface area contributed by atoms with Crippen molar-refractivity contribution in [1.82, 2.24) is 30.2 Å². The minimum absolute atomic E-state index is 0.0619. The van der Waals surface area contributed by atoms with E-state index in [1.807, 2.05) is 31.2 Å². The Morgan fingerprint density at radius 2 is 2.00 bits per heavy atom. The van der Waals surface area contributed by atoms with Gasteiger partial charge in [0.1, 0.15) is 10.7 Å². The first-order chi connectivity index (χ1) is 13.4. The van der Waals surface area contributed by atoms with E-state index in [0.717, 1.165) is 11.3 Å².